The summed E-state index contributed by atoms with van der Waals surface area (Å²) in [7, 11) is 0. The lowest BCUT2D eigenvalue weighted by Crippen LogP contribution is -2.44. The number of urea groups is 1. The van der Waals surface area contributed by atoms with Crippen molar-refractivity contribution in [3.05, 3.63) is 48.5 Å². The maximum atomic E-state index is 12.2. The molecule has 0 bridgehead atoms. The molecule has 0 aliphatic carbocycles. The summed E-state index contributed by atoms with van der Waals surface area (Å²) in [6.07, 6.45) is 7.55. The number of amides is 2. The van der Waals surface area contributed by atoms with E-state index in [4.69, 9.17) is 0 Å². The van der Waals surface area contributed by atoms with Gasteiger partial charge in [0.25, 0.3) is 0 Å². The Hall–Kier alpha value is -1.95. The SMILES string of the molecule is C[C@@H](NC(=O)NC1CCSCC1)c1cccc(-n2ccnc2)c1. The summed E-state index contributed by atoms with van der Waals surface area (Å²) in [6, 6.07) is 8.31. The molecule has 0 spiro atoms. The number of hydrogen-bond donors (Lipinski definition) is 2. The average Bonchev–Trinajstić information content (AvgIpc) is 3.10. The lowest BCUT2D eigenvalue weighted by molar-refractivity contribution is 0.233. The van der Waals surface area contributed by atoms with E-state index in [1.165, 1.54) is 0 Å². The van der Waals surface area contributed by atoms with E-state index in [1.807, 2.05) is 47.6 Å². The van der Waals surface area contributed by atoms with Crippen LogP contribution in [-0.4, -0.2) is 33.1 Å². The van der Waals surface area contributed by atoms with Crippen molar-refractivity contribution < 1.29 is 4.79 Å². The van der Waals surface area contributed by atoms with Gasteiger partial charge in [-0.3, -0.25) is 0 Å². The second kappa shape index (κ2) is 7.55. The molecule has 0 saturated carbocycles. The summed E-state index contributed by atoms with van der Waals surface area (Å²) in [5.74, 6) is 2.26. The molecule has 23 heavy (non-hydrogen) atoms. The predicted molar refractivity (Wildman–Crippen MR) is 94.0 cm³/mol. The van der Waals surface area contributed by atoms with Gasteiger partial charge in [0.2, 0.25) is 0 Å². The van der Waals surface area contributed by atoms with Crippen LogP contribution in [0.15, 0.2) is 43.0 Å². The monoisotopic (exact) mass is 330 g/mol. The van der Waals surface area contributed by atoms with Crippen LogP contribution in [0.4, 0.5) is 4.79 Å². The van der Waals surface area contributed by atoms with E-state index in [2.05, 4.69) is 21.7 Å². The van der Waals surface area contributed by atoms with Crippen molar-refractivity contribution in [1.29, 1.82) is 0 Å². The molecular weight excluding hydrogens is 308 g/mol. The highest BCUT2D eigenvalue weighted by atomic mass is 32.2. The van der Waals surface area contributed by atoms with Crippen LogP contribution in [-0.2, 0) is 0 Å². The standard InChI is InChI=1S/C17H22N4OS/c1-13(19-17(22)20-15-5-9-23-10-6-15)14-3-2-4-16(11-14)21-8-7-18-12-21/h2-4,7-8,11-13,15H,5-6,9-10H2,1H3,(H2,19,20,22)/t13-/m1/s1. The van der Waals surface area contributed by atoms with Crippen LogP contribution < -0.4 is 10.6 Å². The third-order valence-electron chi connectivity index (χ3n) is 4.08. The van der Waals surface area contributed by atoms with E-state index in [0.717, 1.165) is 35.6 Å². The fourth-order valence-electron chi connectivity index (χ4n) is 2.72. The summed E-state index contributed by atoms with van der Waals surface area (Å²) >= 11 is 1.96. The Morgan fingerprint density at radius 3 is 2.96 bits per heavy atom. The van der Waals surface area contributed by atoms with Crippen molar-refractivity contribution in [2.24, 2.45) is 0 Å². The van der Waals surface area contributed by atoms with E-state index >= 15 is 0 Å². The van der Waals surface area contributed by atoms with Crippen molar-refractivity contribution in [3.8, 4) is 5.69 Å². The van der Waals surface area contributed by atoms with Gasteiger partial charge in [0.15, 0.2) is 0 Å². The Kier molecular flexibility index (Phi) is 5.23. The van der Waals surface area contributed by atoms with Gasteiger partial charge in [-0.15, -0.1) is 0 Å². The molecule has 1 aromatic heterocycles. The second-order valence-electron chi connectivity index (χ2n) is 5.79. The third kappa shape index (κ3) is 4.28. The first-order valence-electron chi connectivity index (χ1n) is 7.95. The van der Waals surface area contributed by atoms with Gasteiger partial charge in [-0.2, -0.15) is 11.8 Å². The molecule has 1 atom stereocenters. The van der Waals surface area contributed by atoms with Gasteiger partial charge in [-0.05, 0) is 49.0 Å². The molecule has 6 heteroatoms. The topological polar surface area (TPSA) is 59.0 Å². The highest BCUT2D eigenvalue weighted by molar-refractivity contribution is 7.99. The van der Waals surface area contributed by atoms with E-state index in [0.29, 0.717) is 6.04 Å². The van der Waals surface area contributed by atoms with Crippen LogP contribution in [0, 0.1) is 0 Å². The van der Waals surface area contributed by atoms with E-state index in [9.17, 15) is 4.79 Å². The fourth-order valence-corrected chi connectivity index (χ4v) is 3.82. The maximum Gasteiger partial charge on any atom is 0.315 e. The zero-order valence-corrected chi connectivity index (χ0v) is 14.1. The highest BCUT2D eigenvalue weighted by Crippen LogP contribution is 2.18. The van der Waals surface area contributed by atoms with Crippen molar-refractivity contribution >= 4 is 17.8 Å². The second-order valence-corrected chi connectivity index (χ2v) is 7.02. The normalized spacial score (nSPS) is 16.7. The van der Waals surface area contributed by atoms with Gasteiger partial charge in [-0.1, -0.05) is 12.1 Å². The largest absolute Gasteiger partial charge is 0.335 e. The Labute approximate surface area is 140 Å². The lowest BCUT2D eigenvalue weighted by Gasteiger charge is -2.24. The summed E-state index contributed by atoms with van der Waals surface area (Å²) in [4.78, 5) is 16.2. The van der Waals surface area contributed by atoms with Gasteiger partial charge < -0.3 is 15.2 Å². The van der Waals surface area contributed by atoms with Crippen LogP contribution in [0.2, 0.25) is 0 Å². The summed E-state index contributed by atoms with van der Waals surface area (Å²) in [5, 5.41) is 6.12. The van der Waals surface area contributed by atoms with E-state index in [-0.39, 0.29) is 12.1 Å². The molecule has 1 aromatic carbocycles. The number of rotatable bonds is 4. The number of carbonyl (C=O) groups is 1. The molecule has 1 aliphatic heterocycles. The summed E-state index contributed by atoms with van der Waals surface area (Å²) in [5.41, 5.74) is 2.11. The van der Waals surface area contributed by atoms with Crippen LogP contribution in [0.25, 0.3) is 5.69 Å². The third-order valence-corrected chi connectivity index (χ3v) is 5.13. The molecule has 0 radical (unpaired) electrons. The quantitative estimate of drug-likeness (QED) is 0.905. The first-order valence-corrected chi connectivity index (χ1v) is 9.11. The smallest absolute Gasteiger partial charge is 0.315 e. The first-order chi connectivity index (χ1) is 11.2. The van der Waals surface area contributed by atoms with Gasteiger partial charge in [0.05, 0.1) is 12.4 Å². The molecule has 5 nitrogen and oxygen atoms in total. The minimum atomic E-state index is -0.0811. The number of imidazole rings is 1. The number of nitrogens with one attached hydrogen (secondary N) is 2. The molecule has 2 aromatic rings. The number of hydrogen-bond acceptors (Lipinski definition) is 3. The number of aromatic nitrogens is 2. The summed E-state index contributed by atoms with van der Waals surface area (Å²) < 4.78 is 1.95. The Balaban J connectivity index is 1.60. The zero-order chi connectivity index (χ0) is 16.1. The van der Waals surface area contributed by atoms with Gasteiger partial charge in [-0.25, -0.2) is 9.78 Å². The summed E-state index contributed by atoms with van der Waals surface area (Å²) in [6.45, 7) is 2.00. The molecule has 3 rings (SSSR count). The van der Waals surface area contributed by atoms with Crippen LogP contribution in [0.1, 0.15) is 31.4 Å². The average molecular weight is 330 g/mol. The lowest BCUT2D eigenvalue weighted by atomic mass is 10.1. The molecule has 2 amide bonds. The fraction of sp³-hybridized carbons (Fsp3) is 0.412. The highest BCUT2D eigenvalue weighted by Gasteiger charge is 2.17. The van der Waals surface area contributed by atoms with Crippen LogP contribution in [0.5, 0.6) is 0 Å². The Morgan fingerprint density at radius 2 is 2.22 bits per heavy atom. The van der Waals surface area contributed by atoms with Crippen LogP contribution in [0.3, 0.4) is 0 Å². The molecule has 122 valence electrons. The number of benzene rings is 1. The van der Waals surface area contributed by atoms with Gasteiger partial charge >= 0.3 is 6.03 Å². The Bertz CT molecular complexity index is 638. The Morgan fingerprint density at radius 1 is 1.39 bits per heavy atom. The van der Waals surface area contributed by atoms with Crippen molar-refractivity contribution in [2.75, 3.05) is 11.5 Å². The zero-order valence-electron chi connectivity index (χ0n) is 13.2. The predicted octanol–water partition coefficient (Wildman–Crippen LogP) is 3.13. The van der Waals surface area contributed by atoms with Gasteiger partial charge in [0.1, 0.15) is 0 Å². The number of nitrogens with zero attached hydrogens (tertiary/aromatic N) is 2. The molecule has 1 fully saturated rings. The first kappa shape index (κ1) is 15.9. The molecule has 2 N–H and O–H groups in total. The minimum Gasteiger partial charge on any atom is -0.335 e. The molecule has 1 aliphatic rings. The number of carbonyl (C=O) groups excluding carboxylic acids is 1. The van der Waals surface area contributed by atoms with E-state index < -0.39 is 0 Å². The number of thioether (sulfide) groups is 1. The molecule has 0 unspecified atom stereocenters. The van der Waals surface area contributed by atoms with Gasteiger partial charge in [0, 0.05) is 24.1 Å². The van der Waals surface area contributed by atoms with E-state index in [1.54, 1.807) is 12.5 Å². The maximum absolute atomic E-state index is 12.2. The van der Waals surface area contributed by atoms with Crippen molar-refractivity contribution in [3.63, 3.8) is 0 Å². The van der Waals surface area contributed by atoms with Crippen molar-refractivity contribution in [1.82, 2.24) is 20.2 Å². The van der Waals surface area contributed by atoms with Crippen molar-refractivity contribution in [2.45, 2.75) is 31.8 Å². The minimum absolute atomic E-state index is 0.0450. The molecular formula is C17H22N4OS. The van der Waals surface area contributed by atoms with Crippen LogP contribution >= 0.6 is 11.8 Å². The molecule has 2 heterocycles. The molecule has 1 saturated heterocycles.